The Kier molecular flexibility index (Phi) is 4.88. The minimum atomic E-state index is -0.322. The lowest BCUT2D eigenvalue weighted by Crippen LogP contribution is -2.25. The van der Waals surface area contributed by atoms with E-state index in [1.807, 2.05) is 73.7 Å². The molecule has 1 heterocycles. The Bertz CT molecular complexity index is 1150. The Hall–Kier alpha value is -3.87. The van der Waals surface area contributed by atoms with Gasteiger partial charge in [0.15, 0.2) is 0 Å². The number of carbonyl (C=O) groups is 1. The first-order chi connectivity index (χ1) is 13.7. The van der Waals surface area contributed by atoms with Gasteiger partial charge in [-0.2, -0.15) is 9.90 Å². The van der Waals surface area contributed by atoms with E-state index in [0.717, 1.165) is 27.6 Å². The molecule has 1 aromatic heterocycles. The number of aromatic nitrogens is 4. The summed E-state index contributed by atoms with van der Waals surface area (Å²) < 4.78 is 0. The van der Waals surface area contributed by atoms with E-state index in [9.17, 15) is 4.79 Å². The molecular weight excluding hydrogens is 352 g/mol. The van der Waals surface area contributed by atoms with Crippen LogP contribution in [0.2, 0.25) is 0 Å². The molecule has 4 rings (SSSR count). The Balaban J connectivity index is 1.41. The second kappa shape index (κ2) is 7.79. The molecule has 0 spiro atoms. The Labute approximate surface area is 161 Å². The molecule has 0 bridgehead atoms. The third kappa shape index (κ3) is 3.93. The number of amides is 1. The molecule has 7 heteroatoms. The molecule has 0 aliphatic heterocycles. The molecule has 0 atom stereocenters. The first kappa shape index (κ1) is 17.5. The van der Waals surface area contributed by atoms with Gasteiger partial charge in [-0.05, 0) is 34.5 Å². The van der Waals surface area contributed by atoms with E-state index in [1.165, 1.54) is 4.80 Å². The van der Waals surface area contributed by atoms with Crippen LogP contribution in [0.5, 0.6) is 0 Å². The lowest BCUT2D eigenvalue weighted by atomic mass is 10.0. The lowest BCUT2D eigenvalue weighted by molar-refractivity contribution is -0.122. The quantitative estimate of drug-likeness (QED) is 0.432. The van der Waals surface area contributed by atoms with E-state index in [2.05, 4.69) is 32.0 Å². The van der Waals surface area contributed by atoms with Crippen LogP contribution in [-0.2, 0) is 11.3 Å². The average Bonchev–Trinajstić information content (AvgIpc) is 3.20. The average molecular weight is 370 g/mol. The molecule has 0 fully saturated rings. The van der Waals surface area contributed by atoms with Crippen LogP contribution in [0.4, 0.5) is 0 Å². The SMILES string of the molecule is C/C(=N\NC(=O)Cn1nnc(-c2ccccc2)n1)c1ccc2ccccc2c1. The van der Waals surface area contributed by atoms with Gasteiger partial charge in [0.25, 0.3) is 5.91 Å². The van der Waals surface area contributed by atoms with Gasteiger partial charge in [-0.15, -0.1) is 10.2 Å². The van der Waals surface area contributed by atoms with Crippen molar-refractivity contribution in [1.29, 1.82) is 0 Å². The minimum absolute atomic E-state index is 0.0612. The number of carbonyl (C=O) groups excluding carboxylic acids is 1. The number of nitrogens with one attached hydrogen (secondary N) is 1. The topological polar surface area (TPSA) is 85.1 Å². The number of rotatable bonds is 5. The maximum absolute atomic E-state index is 12.2. The van der Waals surface area contributed by atoms with Gasteiger partial charge < -0.3 is 0 Å². The predicted molar refractivity (Wildman–Crippen MR) is 108 cm³/mol. The van der Waals surface area contributed by atoms with Crippen molar-refractivity contribution in [3.05, 3.63) is 78.4 Å². The molecule has 0 unspecified atom stereocenters. The molecule has 138 valence electrons. The van der Waals surface area contributed by atoms with Crippen LogP contribution >= 0.6 is 0 Å². The smallest absolute Gasteiger partial charge is 0.263 e. The molecule has 4 aromatic rings. The maximum atomic E-state index is 12.2. The fraction of sp³-hybridized carbons (Fsp3) is 0.0952. The van der Waals surface area contributed by atoms with Crippen molar-refractivity contribution in [3.8, 4) is 11.4 Å². The van der Waals surface area contributed by atoms with E-state index >= 15 is 0 Å². The highest BCUT2D eigenvalue weighted by Crippen LogP contribution is 2.16. The molecular formula is C21H18N6O. The predicted octanol–water partition coefficient (Wildman–Crippen LogP) is 3.03. The van der Waals surface area contributed by atoms with Gasteiger partial charge in [-0.1, -0.05) is 66.7 Å². The molecule has 0 aliphatic rings. The van der Waals surface area contributed by atoms with Gasteiger partial charge in [0.2, 0.25) is 5.82 Å². The summed E-state index contributed by atoms with van der Waals surface area (Å²) in [5.74, 6) is 0.154. The van der Waals surface area contributed by atoms with Crippen molar-refractivity contribution in [2.75, 3.05) is 0 Å². The van der Waals surface area contributed by atoms with Gasteiger partial charge in [0.05, 0.1) is 5.71 Å². The summed E-state index contributed by atoms with van der Waals surface area (Å²) in [6.45, 7) is 1.79. The summed E-state index contributed by atoms with van der Waals surface area (Å²) in [4.78, 5) is 13.4. The van der Waals surface area contributed by atoms with Crippen molar-refractivity contribution < 1.29 is 4.79 Å². The highest BCUT2D eigenvalue weighted by Gasteiger charge is 2.09. The number of hydrogen-bond acceptors (Lipinski definition) is 5. The second-order valence-electron chi connectivity index (χ2n) is 6.30. The number of hydrogen-bond donors (Lipinski definition) is 1. The van der Waals surface area contributed by atoms with Crippen molar-refractivity contribution in [1.82, 2.24) is 25.6 Å². The van der Waals surface area contributed by atoms with Crippen molar-refractivity contribution in [3.63, 3.8) is 0 Å². The van der Waals surface area contributed by atoms with Gasteiger partial charge >= 0.3 is 0 Å². The van der Waals surface area contributed by atoms with Crippen LogP contribution in [0.3, 0.4) is 0 Å². The zero-order chi connectivity index (χ0) is 19.3. The van der Waals surface area contributed by atoms with Gasteiger partial charge in [0.1, 0.15) is 6.54 Å². The van der Waals surface area contributed by atoms with Crippen molar-refractivity contribution >= 4 is 22.4 Å². The fourth-order valence-corrected chi connectivity index (χ4v) is 2.80. The number of tetrazole rings is 1. The van der Waals surface area contributed by atoms with Crippen LogP contribution in [-0.4, -0.2) is 31.8 Å². The number of nitrogens with zero attached hydrogens (tertiary/aromatic N) is 5. The van der Waals surface area contributed by atoms with E-state index < -0.39 is 0 Å². The fourth-order valence-electron chi connectivity index (χ4n) is 2.80. The summed E-state index contributed by atoms with van der Waals surface area (Å²) in [6.07, 6.45) is 0. The molecule has 0 aliphatic carbocycles. The standard InChI is InChI=1S/C21H18N6O/c1-15(18-12-11-16-7-5-6-10-19(16)13-18)22-23-20(28)14-27-25-21(24-26-27)17-8-3-2-4-9-17/h2-13H,14H2,1H3,(H,23,28)/b22-15+. The van der Waals surface area contributed by atoms with Crippen molar-refractivity contribution in [2.24, 2.45) is 5.10 Å². The summed E-state index contributed by atoms with van der Waals surface area (Å²) in [5, 5.41) is 18.6. The van der Waals surface area contributed by atoms with Crippen LogP contribution < -0.4 is 5.43 Å². The van der Waals surface area contributed by atoms with E-state index in [1.54, 1.807) is 0 Å². The molecule has 1 N–H and O–H groups in total. The van der Waals surface area contributed by atoms with Gasteiger partial charge in [0, 0.05) is 5.56 Å². The Morgan fingerprint density at radius 2 is 1.75 bits per heavy atom. The number of fused-ring (bicyclic) bond motifs is 1. The Morgan fingerprint density at radius 1 is 1.00 bits per heavy atom. The van der Waals surface area contributed by atoms with Crippen LogP contribution in [0.1, 0.15) is 12.5 Å². The summed E-state index contributed by atoms with van der Waals surface area (Å²) in [5.41, 5.74) is 5.06. The van der Waals surface area contributed by atoms with Gasteiger partial charge in [-0.25, -0.2) is 5.43 Å². The summed E-state index contributed by atoms with van der Waals surface area (Å²) in [7, 11) is 0. The normalized spacial score (nSPS) is 11.5. The minimum Gasteiger partial charge on any atom is -0.271 e. The first-order valence-corrected chi connectivity index (χ1v) is 8.84. The molecule has 1 amide bonds. The highest BCUT2D eigenvalue weighted by molar-refractivity contribution is 6.02. The molecule has 0 radical (unpaired) electrons. The summed E-state index contributed by atoms with van der Waals surface area (Å²) in [6, 6.07) is 23.7. The maximum Gasteiger partial charge on any atom is 0.263 e. The van der Waals surface area contributed by atoms with Gasteiger partial charge in [-0.3, -0.25) is 4.79 Å². The van der Waals surface area contributed by atoms with Crippen LogP contribution in [0.15, 0.2) is 77.9 Å². The molecule has 0 saturated heterocycles. The Morgan fingerprint density at radius 3 is 2.57 bits per heavy atom. The van der Waals surface area contributed by atoms with E-state index in [0.29, 0.717) is 5.82 Å². The first-order valence-electron chi connectivity index (χ1n) is 8.84. The molecule has 28 heavy (non-hydrogen) atoms. The molecule has 0 saturated carbocycles. The second-order valence-corrected chi connectivity index (χ2v) is 6.30. The lowest BCUT2D eigenvalue weighted by Gasteiger charge is -2.04. The third-order valence-corrected chi connectivity index (χ3v) is 4.29. The highest BCUT2D eigenvalue weighted by atomic mass is 16.2. The third-order valence-electron chi connectivity index (χ3n) is 4.29. The molecule has 7 nitrogen and oxygen atoms in total. The van der Waals surface area contributed by atoms with Crippen molar-refractivity contribution in [2.45, 2.75) is 13.5 Å². The zero-order valence-corrected chi connectivity index (χ0v) is 15.3. The zero-order valence-electron chi connectivity index (χ0n) is 15.3. The monoisotopic (exact) mass is 370 g/mol. The number of hydrazone groups is 1. The van der Waals surface area contributed by atoms with E-state index in [-0.39, 0.29) is 12.5 Å². The largest absolute Gasteiger partial charge is 0.271 e. The summed E-state index contributed by atoms with van der Waals surface area (Å²) >= 11 is 0. The number of benzene rings is 3. The molecule has 3 aromatic carbocycles. The van der Waals surface area contributed by atoms with Crippen LogP contribution in [0.25, 0.3) is 22.2 Å². The van der Waals surface area contributed by atoms with E-state index in [4.69, 9.17) is 0 Å². The van der Waals surface area contributed by atoms with Crippen LogP contribution in [0, 0.1) is 0 Å².